The van der Waals surface area contributed by atoms with Gasteiger partial charge in [0.25, 0.3) is 0 Å². The monoisotopic (exact) mass is 840 g/mol. The van der Waals surface area contributed by atoms with Crippen molar-refractivity contribution in [2.24, 2.45) is 0 Å². The third-order valence-corrected chi connectivity index (χ3v) is 13.4. The molecule has 5 N–H and O–H groups in total. The molecule has 2 saturated heterocycles. The fourth-order valence-electron chi connectivity index (χ4n) is 9.37. The molecule has 0 saturated carbocycles. The van der Waals surface area contributed by atoms with E-state index in [4.69, 9.17) is 9.47 Å². The third kappa shape index (κ3) is 24.0. The van der Waals surface area contributed by atoms with Crippen LogP contribution in [0.15, 0.2) is 0 Å². The number of amides is 1. The lowest BCUT2D eigenvalue weighted by Crippen LogP contribution is -2.71. The second-order valence-corrected chi connectivity index (χ2v) is 18.7. The summed E-state index contributed by atoms with van der Waals surface area (Å²) in [6.45, 7) is 3.94. The van der Waals surface area contributed by atoms with Crippen molar-refractivity contribution in [3.8, 4) is 0 Å². The van der Waals surface area contributed by atoms with E-state index < -0.39 is 49.5 Å². The van der Waals surface area contributed by atoms with Gasteiger partial charge in [0.2, 0.25) is 5.91 Å². The van der Waals surface area contributed by atoms with Crippen LogP contribution in [0.1, 0.15) is 251 Å². The maximum absolute atomic E-state index is 13.6. The van der Waals surface area contributed by atoms with Crippen molar-refractivity contribution in [1.82, 2.24) is 4.90 Å². The number of rotatable bonds is 41. The van der Waals surface area contributed by atoms with Crippen molar-refractivity contribution in [3.05, 3.63) is 0 Å². The molecule has 0 aliphatic carbocycles. The molecule has 1 amide bonds. The van der Waals surface area contributed by atoms with Crippen molar-refractivity contribution in [3.63, 3.8) is 0 Å². The van der Waals surface area contributed by atoms with E-state index in [0.29, 0.717) is 6.42 Å². The Hall–Kier alpha value is -0.810. The molecule has 2 fully saturated rings. The zero-order chi connectivity index (χ0) is 42.8. The van der Waals surface area contributed by atoms with E-state index in [9.17, 15) is 30.3 Å². The lowest BCUT2D eigenvalue weighted by atomic mass is 9.85. The molecule has 8 atom stereocenters. The molecule has 2 aliphatic rings. The molecule has 9 nitrogen and oxygen atoms in total. The molecule has 2 heterocycles. The summed E-state index contributed by atoms with van der Waals surface area (Å²) in [5.41, 5.74) is 0. The van der Waals surface area contributed by atoms with E-state index in [1.165, 1.54) is 193 Å². The lowest BCUT2D eigenvalue weighted by molar-refractivity contribution is -0.307. The lowest BCUT2D eigenvalue weighted by Gasteiger charge is -2.53. The van der Waals surface area contributed by atoms with Crippen LogP contribution in [0.5, 0.6) is 0 Å². The quantitative estimate of drug-likeness (QED) is 0.0384. The summed E-state index contributed by atoms with van der Waals surface area (Å²) in [6, 6.07) is -0.819. The van der Waals surface area contributed by atoms with Crippen LogP contribution in [-0.2, 0) is 14.3 Å². The minimum Gasteiger partial charge on any atom is -0.394 e. The summed E-state index contributed by atoms with van der Waals surface area (Å²) in [4.78, 5) is 15.4. The second kappa shape index (κ2) is 36.7. The van der Waals surface area contributed by atoms with Gasteiger partial charge >= 0.3 is 0 Å². The average Bonchev–Trinajstić information content (AvgIpc) is 3.24. The fourth-order valence-corrected chi connectivity index (χ4v) is 9.37. The molecule has 0 radical (unpaired) electrons. The number of ether oxygens (including phenoxy) is 2. The van der Waals surface area contributed by atoms with Gasteiger partial charge in [0, 0.05) is 6.42 Å². The molecule has 2 aliphatic heterocycles. The SMILES string of the molecule is CCCCCCCCCCCCCCCCCCCCCCCCCC(=O)N1[C@@H](CCCCCCCCCCCCCC)[C@@H](O)[C@@H]1COC1OC(CO)C(O)C(O)C1O. The van der Waals surface area contributed by atoms with Crippen LogP contribution in [0.2, 0.25) is 0 Å². The zero-order valence-electron chi connectivity index (χ0n) is 38.6. The van der Waals surface area contributed by atoms with Crippen molar-refractivity contribution >= 4 is 5.91 Å². The molecule has 0 aromatic carbocycles. The predicted octanol–water partition coefficient (Wildman–Crippen LogP) is 11.2. The highest BCUT2D eigenvalue weighted by atomic mass is 16.7. The van der Waals surface area contributed by atoms with Crippen molar-refractivity contribution < 1.29 is 39.8 Å². The number of aliphatic hydroxyl groups excluding tert-OH is 5. The number of hydrogen-bond donors (Lipinski definition) is 5. The maximum Gasteiger partial charge on any atom is 0.223 e. The Labute approximate surface area is 363 Å². The number of aliphatic hydroxyl groups is 5. The van der Waals surface area contributed by atoms with Gasteiger partial charge in [-0.25, -0.2) is 0 Å². The molecule has 9 heteroatoms. The normalized spacial score (nSPS) is 24.5. The first kappa shape index (κ1) is 54.3. The summed E-state index contributed by atoms with van der Waals surface area (Å²) >= 11 is 0. The smallest absolute Gasteiger partial charge is 0.223 e. The molecule has 0 bridgehead atoms. The Morgan fingerprint density at radius 1 is 0.458 bits per heavy atom. The number of carbonyl (C=O) groups excluding carboxylic acids is 1. The van der Waals surface area contributed by atoms with E-state index in [0.717, 1.165) is 38.5 Å². The van der Waals surface area contributed by atoms with E-state index in [1.54, 1.807) is 4.90 Å². The molecule has 0 aromatic rings. The number of nitrogens with zero attached hydrogens (tertiary/aromatic N) is 1. The zero-order valence-corrected chi connectivity index (χ0v) is 38.6. The van der Waals surface area contributed by atoms with E-state index in [-0.39, 0.29) is 18.6 Å². The Balaban J connectivity index is 1.58. The van der Waals surface area contributed by atoms with Gasteiger partial charge in [-0.15, -0.1) is 0 Å². The van der Waals surface area contributed by atoms with Crippen LogP contribution in [-0.4, -0.2) is 98.4 Å². The number of likely N-dealkylation sites (tertiary alicyclic amines) is 1. The summed E-state index contributed by atoms with van der Waals surface area (Å²) in [6.07, 6.45) is 39.4. The van der Waals surface area contributed by atoms with Gasteiger partial charge in [-0.3, -0.25) is 4.79 Å². The van der Waals surface area contributed by atoms with E-state index in [2.05, 4.69) is 13.8 Å². The van der Waals surface area contributed by atoms with Crippen LogP contribution in [0.3, 0.4) is 0 Å². The van der Waals surface area contributed by atoms with Gasteiger partial charge in [-0.2, -0.15) is 0 Å². The first-order chi connectivity index (χ1) is 28.9. The average molecular weight is 840 g/mol. The first-order valence-electron chi connectivity index (χ1n) is 25.8. The van der Waals surface area contributed by atoms with Crippen LogP contribution >= 0.6 is 0 Å². The number of carbonyl (C=O) groups is 1. The van der Waals surface area contributed by atoms with Crippen LogP contribution in [0, 0.1) is 0 Å². The van der Waals surface area contributed by atoms with Crippen LogP contribution < -0.4 is 0 Å². The van der Waals surface area contributed by atoms with Gasteiger partial charge in [0.15, 0.2) is 6.29 Å². The summed E-state index contributed by atoms with van der Waals surface area (Å²) < 4.78 is 11.3. The Kier molecular flexibility index (Phi) is 33.7. The first-order valence-corrected chi connectivity index (χ1v) is 25.8. The molecule has 2 rings (SSSR count). The molecule has 0 spiro atoms. The Morgan fingerprint density at radius 2 is 0.814 bits per heavy atom. The predicted molar refractivity (Wildman–Crippen MR) is 242 cm³/mol. The summed E-state index contributed by atoms with van der Waals surface area (Å²) in [5.74, 6) is 0.0325. The molecule has 59 heavy (non-hydrogen) atoms. The molecular weight excluding hydrogens is 743 g/mol. The third-order valence-electron chi connectivity index (χ3n) is 13.4. The van der Waals surface area contributed by atoms with E-state index >= 15 is 0 Å². The Morgan fingerprint density at radius 3 is 1.19 bits per heavy atom. The van der Waals surface area contributed by atoms with Gasteiger partial charge < -0.3 is 39.9 Å². The summed E-state index contributed by atoms with van der Waals surface area (Å²) in [5, 5.41) is 51.6. The van der Waals surface area contributed by atoms with Crippen molar-refractivity contribution in [2.75, 3.05) is 13.2 Å². The number of unbranched alkanes of at least 4 members (excludes halogenated alkanes) is 33. The van der Waals surface area contributed by atoms with E-state index in [1.807, 2.05) is 0 Å². The molecule has 0 aromatic heterocycles. The van der Waals surface area contributed by atoms with Crippen molar-refractivity contribution in [1.29, 1.82) is 0 Å². The largest absolute Gasteiger partial charge is 0.394 e. The van der Waals surface area contributed by atoms with Crippen LogP contribution in [0.25, 0.3) is 0 Å². The van der Waals surface area contributed by atoms with Crippen LogP contribution in [0.4, 0.5) is 0 Å². The van der Waals surface area contributed by atoms with Gasteiger partial charge in [-0.1, -0.05) is 232 Å². The second-order valence-electron chi connectivity index (χ2n) is 18.7. The summed E-state index contributed by atoms with van der Waals surface area (Å²) in [7, 11) is 0. The topological polar surface area (TPSA) is 140 Å². The minimum atomic E-state index is -1.53. The van der Waals surface area contributed by atoms with Gasteiger partial charge in [0.1, 0.15) is 24.4 Å². The maximum atomic E-state index is 13.6. The van der Waals surface area contributed by atoms with Gasteiger partial charge in [0.05, 0.1) is 31.4 Å². The highest BCUT2D eigenvalue weighted by molar-refractivity contribution is 5.78. The highest BCUT2D eigenvalue weighted by Crippen LogP contribution is 2.33. The molecule has 5 unspecified atom stereocenters. The van der Waals surface area contributed by atoms with Crippen molar-refractivity contribution in [2.45, 2.75) is 300 Å². The molecular formula is C50H97NO8. The molecule has 350 valence electrons. The number of hydrogen-bond acceptors (Lipinski definition) is 8. The van der Waals surface area contributed by atoms with Gasteiger partial charge in [-0.05, 0) is 12.8 Å². The highest BCUT2D eigenvalue weighted by Gasteiger charge is 2.51. The Bertz CT molecular complexity index is 954. The minimum absolute atomic E-state index is 0.0325. The standard InChI is InChI=1S/C50H97NO8/c1-3-5-7-9-11-13-15-17-18-19-20-21-22-23-24-25-26-27-29-31-33-35-37-39-45(53)51-42(38-36-34-32-30-28-16-14-12-10-8-6-4-2)46(54)43(51)41-58-50-49(57)48(56)47(55)44(40-52)59-50/h42-44,46-50,52,54-57H,3-41H2,1-2H3/t42-,43-,44?,46+,47?,48?,49?,50?/m0/s1. The fraction of sp³-hybridized carbons (Fsp3) is 0.980.